The molecule has 2 aromatic carbocycles. The SMILES string of the molecule is CSc1ccc(CNC(=O)[C@@H]2CCCN(c3ccc(-c4cccc(C)c4)nn3)C2)cc1. The van der Waals surface area contributed by atoms with Crippen LogP contribution in [0.5, 0.6) is 0 Å². The van der Waals surface area contributed by atoms with Crippen LogP contribution in [0, 0.1) is 12.8 Å². The van der Waals surface area contributed by atoms with Gasteiger partial charge in [-0.3, -0.25) is 4.79 Å². The van der Waals surface area contributed by atoms with Crippen LogP contribution < -0.4 is 10.2 Å². The molecule has 160 valence electrons. The number of hydrogen-bond donors (Lipinski definition) is 1. The predicted molar refractivity (Wildman–Crippen MR) is 127 cm³/mol. The van der Waals surface area contributed by atoms with Gasteiger partial charge in [-0.15, -0.1) is 22.0 Å². The van der Waals surface area contributed by atoms with Crippen molar-refractivity contribution < 1.29 is 4.79 Å². The van der Waals surface area contributed by atoms with Crippen molar-refractivity contribution in [3.05, 3.63) is 71.8 Å². The van der Waals surface area contributed by atoms with E-state index in [-0.39, 0.29) is 11.8 Å². The summed E-state index contributed by atoms with van der Waals surface area (Å²) >= 11 is 1.72. The topological polar surface area (TPSA) is 58.1 Å². The molecule has 0 aliphatic carbocycles. The van der Waals surface area contributed by atoms with E-state index in [1.54, 1.807) is 11.8 Å². The zero-order valence-electron chi connectivity index (χ0n) is 18.0. The van der Waals surface area contributed by atoms with Crippen LogP contribution in [0.3, 0.4) is 0 Å². The molecule has 1 aliphatic heterocycles. The van der Waals surface area contributed by atoms with Crippen molar-refractivity contribution in [3.8, 4) is 11.3 Å². The van der Waals surface area contributed by atoms with Gasteiger partial charge < -0.3 is 10.2 Å². The van der Waals surface area contributed by atoms with Crippen LogP contribution in [0.15, 0.2) is 65.6 Å². The van der Waals surface area contributed by atoms with E-state index in [2.05, 4.69) is 70.0 Å². The first kappa shape index (κ1) is 21.4. The molecule has 1 aromatic heterocycles. The monoisotopic (exact) mass is 432 g/mol. The number of thioether (sulfide) groups is 1. The molecule has 2 heterocycles. The Hall–Kier alpha value is -2.86. The summed E-state index contributed by atoms with van der Waals surface area (Å²) in [6, 6.07) is 20.6. The van der Waals surface area contributed by atoms with Crippen LogP contribution >= 0.6 is 11.8 Å². The van der Waals surface area contributed by atoms with Crippen molar-refractivity contribution in [2.24, 2.45) is 5.92 Å². The highest BCUT2D eigenvalue weighted by molar-refractivity contribution is 7.98. The Morgan fingerprint density at radius 1 is 1.13 bits per heavy atom. The second kappa shape index (κ2) is 9.96. The number of carbonyl (C=O) groups excluding carboxylic acids is 1. The standard InChI is InChI=1S/C25H28N4OS/c1-18-5-3-6-20(15-18)23-12-13-24(28-27-23)29-14-4-7-21(17-29)25(30)26-16-19-8-10-22(31-2)11-9-19/h3,5-6,8-13,15,21H,4,7,14,16-17H2,1-2H3,(H,26,30)/t21-/m1/s1. The molecule has 31 heavy (non-hydrogen) atoms. The Kier molecular flexibility index (Phi) is 6.87. The minimum absolute atomic E-state index is 0.0301. The molecule has 1 amide bonds. The highest BCUT2D eigenvalue weighted by Gasteiger charge is 2.26. The van der Waals surface area contributed by atoms with Gasteiger partial charge >= 0.3 is 0 Å². The van der Waals surface area contributed by atoms with Crippen molar-refractivity contribution in [3.63, 3.8) is 0 Å². The maximum atomic E-state index is 12.8. The molecular formula is C25H28N4OS. The highest BCUT2D eigenvalue weighted by Crippen LogP contribution is 2.24. The molecule has 0 radical (unpaired) electrons. The first-order valence-electron chi connectivity index (χ1n) is 10.7. The lowest BCUT2D eigenvalue weighted by molar-refractivity contribution is -0.125. The van der Waals surface area contributed by atoms with Gasteiger partial charge in [-0.25, -0.2) is 0 Å². The molecule has 3 aromatic rings. The van der Waals surface area contributed by atoms with Crippen molar-refractivity contribution in [2.45, 2.75) is 31.2 Å². The van der Waals surface area contributed by atoms with E-state index in [0.717, 1.165) is 42.0 Å². The Morgan fingerprint density at radius 3 is 2.68 bits per heavy atom. The number of amides is 1. The number of benzene rings is 2. The number of aryl methyl sites for hydroxylation is 1. The molecule has 0 unspecified atom stereocenters. The molecular weight excluding hydrogens is 404 g/mol. The van der Waals surface area contributed by atoms with E-state index >= 15 is 0 Å². The smallest absolute Gasteiger partial charge is 0.225 e. The molecule has 1 aliphatic rings. The summed E-state index contributed by atoms with van der Waals surface area (Å²) in [7, 11) is 0. The van der Waals surface area contributed by atoms with Crippen molar-refractivity contribution in [1.82, 2.24) is 15.5 Å². The third kappa shape index (κ3) is 5.44. The Morgan fingerprint density at radius 2 is 1.97 bits per heavy atom. The van der Waals surface area contributed by atoms with Gasteiger partial charge in [-0.05, 0) is 61.9 Å². The molecule has 0 bridgehead atoms. The second-order valence-electron chi connectivity index (χ2n) is 8.00. The quantitative estimate of drug-likeness (QED) is 0.572. The third-order valence-electron chi connectivity index (χ3n) is 5.71. The maximum Gasteiger partial charge on any atom is 0.225 e. The van der Waals surface area contributed by atoms with Gasteiger partial charge in [0.25, 0.3) is 0 Å². The van der Waals surface area contributed by atoms with Crippen molar-refractivity contribution in [2.75, 3.05) is 24.2 Å². The van der Waals surface area contributed by atoms with Gasteiger partial charge in [0.15, 0.2) is 5.82 Å². The van der Waals surface area contributed by atoms with Gasteiger partial charge in [-0.1, -0.05) is 35.9 Å². The normalized spacial score (nSPS) is 16.2. The number of hydrogen-bond acceptors (Lipinski definition) is 5. The summed E-state index contributed by atoms with van der Waals surface area (Å²) in [5.41, 5.74) is 4.26. The van der Waals surface area contributed by atoms with Crippen LogP contribution in [0.25, 0.3) is 11.3 Å². The second-order valence-corrected chi connectivity index (χ2v) is 8.88. The van der Waals surface area contributed by atoms with Crippen LogP contribution in [-0.2, 0) is 11.3 Å². The van der Waals surface area contributed by atoms with Crippen LogP contribution in [0.1, 0.15) is 24.0 Å². The molecule has 4 rings (SSSR count). The van der Waals surface area contributed by atoms with Crippen LogP contribution in [-0.4, -0.2) is 35.4 Å². The fourth-order valence-electron chi connectivity index (χ4n) is 3.93. The van der Waals surface area contributed by atoms with Crippen molar-refractivity contribution >= 4 is 23.5 Å². The first-order valence-corrected chi connectivity index (χ1v) is 11.9. The number of aromatic nitrogens is 2. The summed E-state index contributed by atoms with van der Waals surface area (Å²) in [6.45, 7) is 4.21. The molecule has 5 nitrogen and oxygen atoms in total. The average molecular weight is 433 g/mol. The number of carbonyl (C=O) groups is 1. The summed E-state index contributed by atoms with van der Waals surface area (Å²) in [5, 5.41) is 12.0. The molecule has 1 fully saturated rings. The van der Waals surface area contributed by atoms with E-state index < -0.39 is 0 Å². The van der Waals surface area contributed by atoms with E-state index in [0.29, 0.717) is 13.1 Å². The Bertz CT molecular complexity index is 1020. The summed E-state index contributed by atoms with van der Waals surface area (Å²) in [5.74, 6) is 0.919. The lowest BCUT2D eigenvalue weighted by Crippen LogP contribution is -2.43. The lowest BCUT2D eigenvalue weighted by Gasteiger charge is -2.32. The zero-order chi connectivity index (χ0) is 21.6. The minimum Gasteiger partial charge on any atom is -0.354 e. The minimum atomic E-state index is -0.0301. The summed E-state index contributed by atoms with van der Waals surface area (Å²) < 4.78 is 0. The van der Waals surface area contributed by atoms with E-state index in [4.69, 9.17) is 0 Å². The number of piperidine rings is 1. The van der Waals surface area contributed by atoms with Gasteiger partial charge in [-0.2, -0.15) is 0 Å². The molecule has 0 spiro atoms. The Labute approximate surface area is 188 Å². The largest absolute Gasteiger partial charge is 0.354 e. The third-order valence-corrected chi connectivity index (χ3v) is 6.45. The van der Waals surface area contributed by atoms with E-state index in [1.165, 1.54) is 10.5 Å². The predicted octanol–water partition coefficient (Wildman–Crippen LogP) is 4.71. The fraction of sp³-hybridized carbons (Fsp3) is 0.320. The number of rotatable bonds is 6. The van der Waals surface area contributed by atoms with Crippen molar-refractivity contribution in [1.29, 1.82) is 0 Å². The Balaban J connectivity index is 1.35. The lowest BCUT2D eigenvalue weighted by atomic mass is 9.97. The summed E-state index contributed by atoms with van der Waals surface area (Å²) in [6.07, 6.45) is 3.94. The molecule has 0 saturated carbocycles. The maximum absolute atomic E-state index is 12.8. The molecule has 1 N–H and O–H groups in total. The van der Waals surface area contributed by atoms with Gasteiger partial charge in [0.1, 0.15) is 0 Å². The highest BCUT2D eigenvalue weighted by atomic mass is 32.2. The summed E-state index contributed by atoms with van der Waals surface area (Å²) in [4.78, 5) is 16.2. The van der Waals surface area contributed by atoms with Gasteiger partial charge in [0, 0.05) is 30.1 Å². The van der Waals surface area contributed by atoms with E-state index in [9.17, 15) is 4.79 Å². The van der Waals surface area contributed by atoms with Crippen LogP contribution in [0.4, 0.5) is 5.82 Å². The molecule has 6 heteroatoms. The zero-order valence-corrected chi connectivity index (χ0v) is 18.9. The fourth-order valence-corrected chi connectivity index (χ4v) is 4.34. The number of nitrogens with one attached hydrogen (secondary N) is 1. The van der Waals surface area contributed by atoms with E-state index in [1.807, 2.05) is 24.3 Å². The molecule has 1 atom stereocenters. The number of anilines is 1. The van der Waals surface area contributed by atoms with Crippen LogP contribution in [0.2, 0.25) is 0 Å². The first-order chi connectivity index (χ1) is 15.1. The van der Waals surface area contributed by atoms with Gasteiger partial charge in [0.05, 0.1) is 11.6 Å². The molecule has 1 saturated heterocycles. The number of nitrogens with zero attached hydrogens (tertiary/aromatic N) is 3. The van der Waals surface area contributed by atoms with Gasteiger partial charge in [0.2, 0.25) is 5.91 Å². The average Bonchev–Trinajstić information content (AvgIpc) is 2.83.